The highest BCUT2D eigenvalue weighted by molar-refractivity contribution is 5.94. The maximum atomic E-state index is 15.4. The number of halogens is 1. The van der Waals surface area contributed by atoms with Crippen LogP contribution in [0.15, 0.2) is 58.1 Å². The molecule has 1 aliphatic carbocycles. The van der Waals surface area contributed by atoms with Gasteiger partial charge in [-0.1, -0.05) is 32.9 Å². The van der Waals surface area contributed by atoms with E-state index >= 15 is 4.39 Å². The third-order valence-electron chi connectivity index (χ3n) is 14.2. The molecule has 0 radical (unpaired) electrons. The molecule has 0 spiro atoms. The third-order valence-corrected chi connectivity index (χ3v) is 14.2. The van der Waals surface area contributed by atoms with Crippen LogP contribution >= 0.6 is 0 Å². The summed E-state index contributed by atoms with van der Waals surface area (Å²) in [4.78, 5) is 75.2. The van der Waals surface area contributed by atoms with Crippen molar-refractivity contribution in [3.05, 3.63) is 120 Å². The van der Waals surface area contributed by atoms with Crippen LogP contribution in [0.25, 0.3) is 39.4 Å². The highest BCUT2D eigenvalue weighted by Crippen LogP contribution is 2.46. The first-order chi connectivity index (χ1) is 33.1. The topological polar surface area (TPSA) is 234 Å². The molecule has 3 aliphatic heterocycles. The smallest absolute Gasteiger partial charge is 0.407 e. The Kier molecular flexibility index (Phi) is 11.4. The van der Waals surface area contributed by atoms with E-state index < -0.39 is 40.8 Å². The van der Waals surface area contributed by atoms with Crippen molar-refractivity contribution in [2.45, 2.75) is 90.6 Å². The summed E-state index contributed by atoms with van der Waals surface area (Å²) in [5, 5.41) is 42.7. The number of cyclic esters (lactones) is 1. The van der Waals surface area contributed by atoms with Gasteiger partial charge in [-0.15, -0.1) is 0 Å². The number of H-pyrrole nitrogens is 1. The van der Waals surface area contributed by atoms with E-state index in [9.17, 15) is 39.3 Å². The van der Waals surface area contributed by atoms with Gasteiger partial charge in [-0.2, -0.15) is 5.10 Å². The Hall–Kier alpha value is -7.38. The number of carbonyl (C=O) groups excluding carboxylic acids is 3. The summed E-state index contributed by atoms with van der Waals surface area (Å²) in [6.45, 7) is 9.58. The number of ether oxygens (including phenoxy) is 2. The lowest BCUT2D eigenvalue weighted by molar-refractivity contribution is -0.172. The SMILES string of the molecule is CC[C@@]1(O)C(=O)OCc2c1cc1n(c2=O)Cc2c-1nc1cc(F)c(C)c3c1c2[C@@H](NC(=O)OCCC(=O)N1CCN(Cc2ccc(-n4c(-c5cc(C(C)C)c(O)cc5O)n[nH]c4=O)cc2)CC1)CC3. The zero-order valence-electron chi connectivity index (χ0n) is 38.5. The number of pyridine rings is 2. The van der Waals surface area contributed by atoms with Crippen molar-refractivity contribution in [1.82, 2.24) is 39.4 Å². The van der Waals surface area contributed by atoms with E-state index in [1.54, 1.807) is 43.0 Å². The number of fused-ring (bicyclic) bond motifs is 5. The van der Waals surface area contributed by atoms with Gasteiger partial charge in [0.1, 0.15) is 30.5 Å². The Morgan fingerprint density at radius 3 is 2.49 bits per heavy atom. The molecule has 1 fully saturated rings. The number of benzene rings is 3. The molecule has 3 aromatic heterocycles. The van der Waals surface area contributed by atoms with Gasteiger partial charge in [0.25, 0.3) is 5.56 Å². The fourth-order valence-corrected chi connectivity index (χ4v) is 10.4. The van der Waals surface area contributed by atoms with Crippen molar-refractivity contribution < 1.29 is 43.6 Å². The van der Waals surface area contributed by atoms with E-state index in [4.69, 9.17) is 14.5 Å². The van der Waals surface area contributed by atoms with Crippen LogP contribution in [-0.4, -0.2) is 100 Å². The quantitative estimate of drug-likeness (QED) is 0.113. The number of rotatable bonds is 10. The number of nitrogens with one attached hydrogen (secondary N) is 2. The number of phenolic OH excluding ortho intramolecular Hbond substituents is 2. The Morgan fingerprint density at radius 1 is 1.01 bits per heavy atom. The first-order valence-electron chi connectivity index (χ1n) is 23.1. The van der Waals surface area contributed by atoms with Gasteiger partial charge in [-0.3, -0.25) is 14.5 Å². The molecule has 6 aromatic rings. The Balaban J connectivity index is 0.770. The van der Waals surface area contributed by atoms with Crippen LogP contribution < -0.4 is 16.6 Å². The predicted octanol–water partition coefficient (Wildman–Crippen LogP) is 5.05. The van der Waals surface area contributed by atoms with Gasteiger partial charge in [-0.25, -0.2) is 33.4 Å². The van der Waals surface area contributed by atoms with Crippen LogP contribution in [0, 0.1) is 12.7 Å². The number of aliphatic hydroxyl groups is 1. The number of aryl methyl sites for hydroxylation is 1. The van der Waals surface area contributed by atoms with E-state index in [0.29, 0.717) is 101 Å². The molecule has 18 nitrogen and oxygen atoms in total. The monoisotopic (exact) mass is 942 g/mol. The number of hydrogen-bond donors (Lipinski definition) is 5. The van der Waals surface area contributed by atoms with Crippen molar-refractivity contribution >= 4 is 28.9 Å². The molecule has 2 atom stereocenters. The van der Waals surface area contributed by atoms with Gasteiger partial charge in [0.05, 0.1) is 52.7 Å². The molecule has 6 heterocycles. The molecule has 19 heteroatoms. The number of hydrogen-bond acceptors (Lipinski definition) is 13. The van der Waals surface area contributed by atoms with E-state index in [2.05, 4.69) is 20.4 Å². The molecule has 0 bridgehead atoms. The molecule has 2 amide bonds. The first-order valence-corrected chi connectivity index (χ1v) is 23.1. The lowest BCUT2D eigenvalue weighted by Gasteiger charge is -2.34. The second-order valence-electron chi connectivity index (χ2n) is 18.5. The molecule has 1 saturated heterocycles. The van der Waals surface area contributed by atoms with Gasteiger partial charge < -0.3 is 39.6 Å². The second kappa shape index (κ2) is 17.3. The largest absolute Gasteiger partial charge is 0.508 e. The highest BCUT2D eigenvalue weighted by atomic mass is 19.1. The molecule has 0 saturated carbocycles. The van der Waals surface area contributed by atoms with Crippen molar-refractivity contribution in [2.75, 3.05) is 32.8 Å². The second-order valence-corrected chi connectivity index (χ2v) is 18.5. The minimum Gasteiger partial charge on any atom is -0.508 e. The molecule has 69 heavy (non-hydrogen) atoms. The van der Waals surface area contributed by atoms with Crippen LogP contribution in [0.3, 0.4) is 0 Å². The molecule has 0 unspecified atom stereocenters. The highest BCUT2D eigenvalue weighted by Gasteiger charge is 2.46. The minimum atomic E-state index is -2.02. The summed E-state index contributed by atoms with van der Waals surface area (Å²) < 4.78 is 29.1. The van der Waals surface area contributed by atoms with Gasteiger partial charge in [-0.05, 0) is 84.2 Å². The fourth-order valence-electron chi connectivity index (χ4n) is 10.4. The van der Waals surface area contributed by atoms with E-state index in [1.165, 1.54) is 21.3 Å². The standard InChI is InChI=1S/C50H51FN8O10/c1-5-50(67)34-19-38-44-32(23-58(38)46(63)33(34)24-69-47(50)64)43-36(11-10-29-26(4)35(51)20-37(52-44)42(29)43)53-49(66)68-17-12-41(62)57-15-13-56(14-16-57)22-27-6-8-28(9-7-27)59-45(54-55-48(59)65)31-18-30(25(2)3)39(60)21-40(31)61/h6-9,18-21,25,36,60-61,67H,5,10-17,22-24H2,1-4H3,(H,53,66)(H,55,65)/t36-,50-/m0/s1. The first kappa shape index (κ1) is 45.4. The average Bonchev–Trinajstić information content (AvgIpc) is 3.90. The summed E-state index contributed by atoms with van der Waals surface area (Å²) in [5.41, 5.74) is 3.52. The maximum Gasteiger partial charge on any atom is 0.407 e. The number of amides is 2. The lowest BCUT2D eigenvalue weighted by Crippen LogP contribution is -2.48. The third kappa shape index (κ3) is 7.69. The van der Waals surface area contributed by atoms with Gasteiger partial charge in [0.15, 0.2) is 11.4 Å². The number of esters is 1. The number of carbonyl (C=O) groups is 3. The molecule has 3 aromatic carbocycles. The number of alkyl carbamates (subject to hydrolysis) is 1. The lowest BCUT2D eigenvalue weighted by atomic mass is 9.81. The summed E-state index contributed by atoms with van der Waals surface area (Å²) in [6, 6.07) is 12.6. The number of phenols is 2. The number of aromatic nitrogens is 5. The van der Waals surface area contributed by atoms with E-state index in [0.717, 1.165) is 11.1 Å². The Labute approximate surface area is 393 Å². The van der Waals surface area contributed by atoms with Crippen molar-refractivity contribution in [3.63, 3.8) is 0 Å². The van der Waals surface area contributed by atoms with Gasteiger partial charge in [0, 0.05) is 61.4 Å². The van der Waals surface area contributed by atoms with E-state index in [-0.39, 0.29) is 72.9 Å². The van der Waals surface area contributed by atoms with Crippen LogP contribution in [-0.2, 0) is 50.8 Å². The molecule has 4 aliphatic rings. The fraction of sp³-hybridized carbons (Fsp3) is 0.380. The average molecular weight is 943 g/mol. The molecular formula is C50H51FN8O10. The van der Waals surface area contributed by atoms with Crippen LogP contribution in [0.1, 0.15) is 96.5 Å². The Morgan fingerprint density at radius 2 is 1.77 bits per heavy atom. The van der Waals surface area contributed by atoms with Gasteiger partial charge >= 0.3 is 17.8 Å². The van der Waals surface area contributed by atoms with Crippen molar-refractivity contribution in [3.8, 4) is 40.0 Å². The molecular weight excluding hydrogens is 892 g/mol. The summed E-state index contributed by atoms with van der Waals surface area (Å²) >= 11 is 0. The van der Waals surface area contributed by atoms with Crippen molar-refractivity contribution in [1.29, 1.82) is 0 Å². The molecule has 5 N–H and O–H groups in total. The van der Waals surface area contributed by atoms with E-state index in [1.807, 2.05) is 26.0 Å². The van der Waals surface area contributed by atoms with Crippen LogP contribution in [0.2, 0.25) is 0 Å². The van der Waals surface area contributed by atoms with Crippen molar-refractivity contribution in [2.24, 2.45) is 0 Å². The van der Waals surface area contributed by atoms with Crippen LogP contribution in [0.5, 0.6) is 11.5 Å². The van der Waals surface area contributed by atoms with Crippen LogP contribution in [0.4, 0.5) is 9.18 Å². The molecule has 358 valence electrons. The normalized spacial score (nSPS) is 18.5. The molecule has 10 rings (SSSR count). The zero-order chi connectivity index (χ0) is 48.6. The minimum absolute atomic E-state index is 0.0207. The summed E-state index contributed by atoms with van der Waals surface area (Å²) in [5.74, 6) is -1.51. The number of nitrogens with zero attached hydrogens (tertiary/aromatic N) is 6. The number of aromatic hydroxyl groups is 2. The zero-order valence-corrected chi connectivity index (χ0v) is 38.5. The summed E-state index contributed by atoms with van der Waals surface area (Å²) in [7, 11) is 0. The Bertz CT molecular complexity index is 3240. The summed E-state index contributed by atoms with van der Waals surface area (Å²) in [6.07, 6.45) is 0.0728. The number of piperazine rings is 1. The predicted molar refractivity (Wildman–Crippen MR) is 248 cm³/mol. The van der Waals surface area contributed by atoms with Gasteiger partial charge in [0.2, 0.25) is 5.91 Å². The number of aromatic amines is 1. The maximum absolute atomic E-state index is 15.4.